The van der Waals surface area contributed by atoms with Gasteiger partial charge in [0.2, 0.25) is 35.7 Å². The Morgan fingerprint density at radius 1 is 0.292 bits per heavy atom. The Hall–Kier alpha value is -11.0. The van der Waals surface area contributed by atoms with E-state index >= 15 is 0 Å². The Bertz CT molecular complexity index is 4150. The number of aromatic nitrogens is 6. The van der Waals surface area contributed by atoms with E-state index in [1.54, 1.807) is 97.1 Å². The summed E-state index contributed by atoms with van der Waals surface area (Å²) >= 11 is 0. The Kier molecular flexibility index (Phi) is 41.7. The average Bonchev–Trinajstić information content (AvgIpc) is 0.770. The van der Waals surface area contributed by atoms with Gasteiger partial charge in [-0.05, 0) is 218 Å². The van der Waals surface area contributed by atoms with Crippen LogP contribution in [0.2, 0.25) is 0 Å². The van der Waals surface area contributed by atoms with Crippen molar-refractivity contribution in [2.75, 3.05) is 51.7 Å². The van der Waals surface area contributed by atoms with Crippen molar-refractivity contribution >= 4 is 106 Å². The summed E-state index contributed by atoms with van der Waals surface area (Å²) in [4.78, 5) is 103. The molecule has 8 aromatic rings. The van der Waals surface area contributed by atoms with Crippen LogP contribution in [0.4, 0.5) is 69.8 Å². The molecule has 0 saturated heterocycles. The van der Waals surface area contributed by atoms with E-state index in [4.69, 9.17) is 24.2 Å². The quantitative estimate of drug-likeness (QED) is 0.0126. The first-order valence-electron chi connectivity index (χ1n) is 44.1. The first kappa shape index (κ1) is 96.1. The van der Waals surface area contributed by atoms with Gasteiger partial charge in [0.1, 0.15) is 0 Å². The summed E-state index contributed by atoms with van der Waals surface area (Å²) in [6.07, 6.45) is 27.2. The van der Waals surface area contributed by atoms with Crippen molar-refractivity contribution in [1.82, 2.24) is 29.9 Å². The van der Waals surface area contributed by atoms with Crippen LogP contribution in [0.5, 0.6) is 0 Å². The molecule has 648 valence electrons. The molecule has 6 unspecified atom stereocenters. The van der Waals surface area contributed by atoms with Crippen molar-refractivity contribution in [3.8, 4) is 0 Å². The van der Waals surface area contributed by atoms with E-state index in [1.165, 1.54) is 24.3 Å². The van der Waals surface area contributed by atoms with E-state index < -0.39 is 17.9 Å². The van der Waals surface area contributed by atoms with E-state index in [0.29, 0.717) is 125 Å². The average molecular weight is 1650 g/mol. The Labute approximate surface area is 711 Å². The number of nitrogens with zero attached hydrogens (tertiary/aromatic N) is 6. The molecule has 24 nitrogen and oxygen atoms in total. The summed E-state index contributed by atoms with van der Waals surface area (Å²) in [5.74, 6) is -0.703. The Morgan fingerprint density at radius 2 is 0.525 bits per heavy atom. The minimum absolute atomic E-state index is 0.139. The van der Waals surface area contributed by atoms with Gasteiger partial charge in [-0.25, -0.2) is 28.8 Å². The van der Waals surface area contributed by atoms with Crippen LogP contribution in [0.3, 0.4) is 0 Å². The number of carboxylic acid groups (broad SMARTS) is 3. The fraction of sp³-hybridized carbons (Fsp3) is 0.500. The van der Waals surface area contributed by atoms with Crippen LogP contribution < -0.4 is 31.9 Å². The van der Waals surface area contributed by atoms with Crippen molar-refractivity contribution in [3.63, 3.8) is 0 Å². The highest BCUT2D eigenvalue weighted by Crippen LogP contribution is 2.40. The number of esters is 3. The van der Waals surface area contributed by atoms with Gasteiger partial charge in [0.05, 0.1) is 53.2 Å². The third kappa shape index (κ3) is 31.9. The molecule has 2 heterocycles. The predicted octanol–water partition coefficient (Wildman–Crippen LogP) is 24.7. The fourth-order valence-electron chi connectivity index (χ4n) is 14.4. The molecule has 6 atom stereocenters. The SMILES string of the molecule is CCCCC(CC)COC(=O)c1ccc(Nc2nc(Nc3ccc(C(=O)OCC(CC)CCCC)cc3)nc(Nc3ccc(C(=O)OCC(CC)CCCC)cc3)n2)cc1.CCCCC(CC)Cc1cc(C(=O)O)c(CC(CC)CCCC)c(CC(CC)CCCC)c1Nc1nc(Nc2ccc(C(=O)O)cc2)nc(Nc2ccc(C(=O)O)cc2)n1. The zero-order chi connectivity index (χ0) is 86.7. The molecule has 0 fully saturated rings. The van der Waals surface area contributed by atoms with Crippen molar-refractivity contribution < 1.29 is 58.3 Å². The highest BCUT2D eigenvalue weighted by atomic mass is 16.5. The molecule has 24 heteroatoms. The molecule has 0 radical (unpaired) electrons. The summed E-state index contributed by atoms with van der Waals surface area (Å²) in [5.41, 5.74) is 8.77. The second kappa shape index (κ2) is 52.1. The third-order valence-electron chi connectivity index (χ3n) is 22.4. The van der Waals surface area contributed by atoms with Gasteiger partial charge < -0.3 is 61.4 Å². The largest absolute Gasteiger partial charge is 0.478 e. The van der Waals surface area contributed by atoms with Gasteiger partial charge >= 0.3 is 35.8 Å². The molecule has 120 heavy (non-hydrogen) atoms. The highest BCUT2D eigenvalue weighted by molar-refractivity contribution is 5.93. The lowest BCUT2D eigenvalue weighted by atomic mass is 9.80. The second-order valence-corrected chi connectivity index (χ2v) is 31.5. The molecule has 0 aliphatic carbocycles. The number of rotatable bonds is 54. The zero-order valence-electron chi connectivity index (χ0n) is 73.0. The maximum absolute atomic E-state index is 13.4. The molecule has 0 amide bonds. The number of aromatic carboxylic acids is 3. The normalized spacial score (nSPS) is 12.6. The van der Waals surface area contributed by atoms with Crippen LogP contribution in [0, 0.1) is 35.5 Å². The molecule has 2 aromatic heterocycles. The van der Waals surface area contributed by atoms with Crippen molar-refractivity contribution in [2.45, 2.75) is 256 Å². The fourth-order valence-corrected chi connectivity index (χ4v) is 14.4. The molecular formula is C96H132N12O12. The van der Waals surface area contributed by atoms with Gasteiger partial charge in [-0.3, -0.25) is 0 Å². The number of carbonyl (C=O) groups is 6. The molecule has 0 saturated carbocycles. The Morgan fingerprint density at radius 3 is 0.767 bits per heavy atom. The lowest BCUT2D eigenvalue weighted by Crippen LogP contribution is -2.19. The molecule has 9 N–H and O–H groups in total. The molecular weight excluding hydrogens is 1510 g/mol. The lowest BCUT2D eigenvalue weighted by Gasteiger charge is -2.28. The minimum atomic E-state index is -1.04. The minimum Gasteiger partial charge on any atom is -0.478 e. The van der Waals surface area contributed by atoms with Gasteiger partial charge in [-0.15, -0.1) is 0 Å². The molecule has 8 rings (SSSR count). The van der Waals surface area contributed by atoms with Gasteiger partial charge in [-0.1, -0.05) is 218 Å². The van der Waals surface area contributed by atoms with E-state index in [1.807, 2.05) is 6.07 Å². The number of ether oxygens (including phenoxy) is 3. The van der Waals surface area contributed by atoms with Gasteiger partial charge in [0.15, 0.2) is 0 Å². The van der Waals surface area contributed by atoms with Crippen LogP contribution in [0.15, 0.2) is 127 Å². The summed E-state index contributed by atoms with van der Waals surface area (Å²) in [6, 6.07) is 35.3. The van der Waals surface area contributed by atoms with E-state index in [2.05, 4.69) is 135 Å². The van der Waals surface area contributed by atoms with Gasteiger partial charge in [0.25, 0.3) is 0 Å². The number of nitrogens with one attached hydrogen (secondary N) is 6. The van der Waals surface area contributed by atoms with Crippen LogP contribution in [-0.2, 0) is 33.5 Å². The maximum Gasteiger partial charge on any atom is 0.338 e. The molecule has 6 aromatic carbocycles. The number of hydrogen-bond acceptors (Lipinski definition) is 21. The molecule has 0 aliphatic rings. The summed E-state index contributed by atoms with van der Waals surface area (Å²) < 4.78 is 16.9. The van der Waals surface area contributed by atoms with E-state index in [9.17, 15) is 44.1 Å². The number of benzene rings is 6. The molecule has 0 aliphatic heterocycles. The van der Waals surface area contributed by atoms with Crippen molar-refractivity contribution in [2.24, 2.45) is 35.5 Å². The third-order valence-corrected chi connectivity index (χ3v) is 22.4. The van der Waals surface area contributed by atoms with Gasteiger partial charge in [0, 0.05) is 34.1 Å². The van der Waals surface area contributed by atoms with E-state index in [0.717, 1.165) is 176 Å². The van der Waals surface area contributed by atoms with Crippen LogP contribution >= 0.6 is 0 Å². The Balaban J connectivity index is 0.000000331. The standard InChI is InChI=1S/2C48H66N6O6/c1-7-13-16-34(10-4)31-58-43(55)37-19-25-40(26-20-37)49-46-52-47(50-41-27-21-38(22-28-41)44(56)59-32-35(11-5)17-14-8-2)54-48(53-46)51-42-29-23-39(24-30-42)45(57)60-33-36(12-6)18-15-9-3;1-7-13-16-31(10-4)27-36-30-41(45(59)60)39(28-32(11-5)17-14-8-2)40(29-33(12-6)18-15-9-3)42(36)51-48-53-46(49-37-23-19-34(20-24-37)43(55)56)52-47(54-48)50-38-25-21-35(22-26-38)44(57)58/h19-30,34-36H,7-18,31-33H2,1-6H3,(H3,49,50,51,52,53,54);19-26,30-33H,7-18,27-29H2,1-6H3,(H,55,56)(H,57,58)(H,59,60)(H3,49,50,51,52,53,54). The molecule has 0 bridgehead atoms. The predicted molar refractivity (Wildman–Crippen MR) is 481 cm³/mol. The number of carbonyl (C=O) groups excluding carboxylic acids is 3. The van der Waals surface area contributed by atoms with Crippen LogP contribution in [0.1, 0.15) is 316 Å². The number of hydrogen-bond donors (Lipinski definition) is 9. The maximum atomic E-state index is 13.4. The summed E-state index contributed by atoms with van der Waals surface area (Å²) in [7, 11) is 0. The first-order valence-corrected chi connectivity index (χ1v) is 44.1. The number of anilines is 12. The number of unbranched alkanes of at least 4 members (excludes halogenated alkanes) is 6. The van der Waals surface area contributed by atoms with Crippen LogP contribution in [0.25, 0.3) is 0 Å². The smallest absolute Gasteiger partial charge is 0.338 e. The summed E-state index contributed by atoms with van der Waals surface area (Å²) in [6.45, 7) is 27.3. The highest BCUT2D eigenvalue weighted by Gasteiger charge is 2.29. The second-order valence-electron chi connectivity index (χ2n) is 31.5. The van der Waals surface area contributed by atoms with Crippen LogP contribution in [-0.4, -0.2) is 101 Å². The van der Waals surface area contributed by atoms with E-state index in [-0.39, 0.29) is 64.7 Å². The lowest BCUT2D eigenvalue weighted by molar-refractivity contribution is 0.0419. The monoisotopic (exact) mass is 1650 g/mol. The summed E-state index contributed by atoms with van der Waals surface area (Å²) in [5, 5.41) is 49.6. The zero-order valence-corrected chi connectivity index (χ0v) is 73.0. The number of carboxylic acids is 3. The van der Waals surface area contributed by atoms with Gasteiger partial charge in [-0.2, -0.15) is 29.9 Å². The molecule has 0 spiro atoms. The van der Waals surface area contributed by atoms with Crippen molar-refractivity contribution in [3.05, 3.63) is 177 Å². The topological polar surface area (TPSA) is 340 Å². The first-order chi connectivity index (χ1) is 58.1. The van der Waals surface area contributed by atoms with Crippen molar-refractivity contribution in [1.29, 1.82) is 0 Å².